The maximum atomic E-state index is 11.8. The van der Waals surface area contributed by atoms with Gasteiger partial charge in [0, 0.05) is 18.0 Å². The van der Waals surface area contributed by atoms with E-state index in [1.165, 1.54) is 6.08 Å². The quantitative estimate of drug-likeness (QED) is 0.781. The second kappa shape index (κ2) is 7.48. The van der Waals surface area contributed by atoms with Crippen molar-refractivity contribution in [2.45, 2.75) is 32.2 Å². The summed E-state index contributed by atoms with van der Waals surface area (Å²) in [5.74, 6) is -1.18. The third kappa shape index (κ3) is 6.65. The molecular formula is C15H17Cl2NO3. The van der Waals surface area contributed by atoms with Crippen molar-refractivity contribution >= 4 is 41.2 Å². The first kappa shape index (κ1) is 17.5. The Bertz CT molecular complexity index is 568. The SMILES string of the molecule is CC(C)(CCC(=O)O)NC(=O)C=Cc1ccc(Cl)c(Cl)c1. The molecule has 0 aliphatic rings. The first-order valence-corrected chi connectivity index (χ1v) is 7.12. The van der Waals surface area contributed by atoms with Crippen molar-refractivity contribution in [1.29, 1.82) is 0 Å². The van der Waals surface area contributed by atoms with Crippen LogP contribution in [0.5, 0.6) is 0 Å². The Morgan fingerprint density at radius 2 is 1.95 bits per heavy atom. The summed E-state index contributed by atoms with van der Waals surface area (Å²) in [4.78, 5) is 22.4. The topological polar surface area (TPSA) is 66.4 Å². The highest BCUT2D eigenvalue weighted by molar-refractivity contribution is 6.42. The molecule has 114 valence electrons. The molecule has 0 fully saturated rings. The van der Waals surface area contributed by atoms with E-state index in [4.69, 9.17) is 28.3 Å². The molecule has 0 radical (unpaired) electrons. The lowest BCUT2D eigenvalue weighted by atomic mass is 9.98. The molecule has 6 heteroatoms. The Morgan fingerprint density at radius 3 is 2.52 bits per heavy atom. The molecule has 0 aliphatic carbocycles. The largest absolute Gasteiger partial charge is 0.481 e. The zero-order valence-corrected chi connectivity index (χ0v) is 13.3. The summed E-state index contributed by atoms with van der Waals surface area (Å²) in [6.45, 7) is 3.56. The number of carbonyl (C=O) groups is 2. The summed E-state index contributed by atoms with van der Waals surface area (Å²) >= 11 is 11.7. The molecule has 0 aromatic heterocycles. The van der Waals surface area contributed by atoms with Gasteiger partial charge in [0.2, 0.25) is 5.91 Å². The number of hydrogen-bond donors (Lipinski definition) is 2. The van der Waals surface area contributed by atoms with Crippen LogP contribution in [0, 0.1) is 0 Å². The van der Waals surface area contributed by atoms with Crippen molar-refractivity contribution in [1.82, 2.24) is 5.32 Å². The van der Waals surface area contributed by atoms with E-state index in [2.05, 4.69) is 5.32 Å². The number of carboxylic acid groups (broad SMARTS) is 1. The van der Waals surface area contributed by atoms with Crippen LogP contribution in [-0.4, -0.2) is 22.5 Å². The van der Waals surface area contributed by atoms with Crippen molar-refractivity contribution in [2.24, 2.45) is 0 Å². The van der Waals surface area contributed by atoms with Gasteiger partial charge in [-0.05, 0) is 44.0 Å². The fraction of sp³-hybridized carbons (Fsp3) is 0.333. The average molecular weight is 330 g/mol. The summed E-state index contributed by atoms with van der Waals surface area (Å²) < 4.78 is 0. The smallest absolute Gasteiger partial charge is 0.303 e. The lowest BCUT2D eigenvalue weighted by Gasteiger charge is -2.24. The van der Waals surface area contributed by atoms with Crippen LogP contribution in [0.4, 0.5) is 0 Å². The van der Waals surface area contributed by atoms with Crippen molar-refractivity contribution in [3.05, 3.63) is 39.9 Å². The van der Waals surface area contributed by atoms with Gasteiger partial charge in [-0.25, -0.2) is 0 Å². The van der Waals surface area contributed by atoms with Crippen LogP contribution in [0.2, 0.25) is 10.0 Å². The summed E-state index contributed by atoms with van der Waals surface area (Å²) in [7, 11) is 0. The number of carboxylic acids is 1. The maximum Gasteiger partial charge on any atom is 0.303 e. The van der Waals surface area contributed by atoms with Gasteiger partial charge in [-0.1, -0.05) is 29.3 Å². The molecule has 0 aliphatic heterocycles. The van der Waals surface area contributed by atoms with E-state index in [9.17, 15) is 9.59 Å². The molecule has 1 amide bonds. The van der Waals surface area contributed by atoms with E-state index >= 15 is 0 Å². The van der Waals surface area contributed by atoms with E-state index in [0.29, 0.717) is 16.5 Å². The molecule has 4 nitrogen and oxygen atoms in total. The number of carbonyl (C=O) groups excluding carboxylic acids is 1. The summed E-state index contributed by atoms with van der Waals surface area (Å²) in [6, 6.07) is 5.05. The lowest BCUT2D eigenvalue weighted by molar-refractivity contribution is -0.137. The van der Waals surface area contributed by atoms with Crippen molar-refractivity contribution in [3.8, 4) is 0 Å². The van der Waals surface area contributed by atoms with Gasteiger partial charge in [-0.15, -0.1) is 0 Å². The maximum absolute atomic E-state index is 11.8. The van der Waals surface area contributed by atoms with Gasteiger partial charge in [-0.3, -0.25) is 9.59 Å². The van der Waals surface area contributed by atoms with Gasteiger partial charge in [0.25, 0.3) is 0 Å². The molecular weight excluding hydrogens is 313 g/mol. The van der Waals surface area contributed by atoms with Gasteiger partial charge in [-0.2, -0.15) is 0 Å². The molecule has 1 aromatic rings. The predicted octanol–water partition coefficient (Wildman–Crippen LogP) is 3.77. The van der Waals surface area contributed by atoms with Crippen molar-refractivity contribution < 1.29 is 14.7 Å². The Labute approximate surface area is 133 Å². The summed E-state index contributed by atoms with van der Waals surface area (Å²) in [5, 5.41) is 12.3. The lowest BCUT2D eigenvalue weighted by Crippen LogP contribution is -2.42. The molecule has 1 rings (SSSR count). The Kier molecular flexibility index (Phi) is 6.24. The number of aliphatic carboxylic acids is 1. The van der Waals surface area contributed by atoms with Gasteiger partial charge in [0.15, 0.2) is 0 Å². The second-order valence-electron chi connectivity index (χ2n) is 5.27. The molecule has 0 spiro atoms. The summed E-state index contributed by atoms with van der Waals surface area (Å²) in [5.41, 5.74) is 0.167. The first-order valence-electron chi connectivity index (χ1n) is 6.37. The molecule has 0 heterocycles. The van der Waals surface area contributed by atoms with E-state index in [1.807, 2.05) is 0 Å². The molecule has 0 saturated heterocycles. The number of hydrogen-bond acceptors (Lipinski definition) is 2. The van der Waals surface area contributed by atoms with Gasteiger partial charge < -0.3 is 10.4 Å². The molecule has 21 heavy (non-hydrogen) atoms. The van der Waals surface area contributed by atoms with E-state index in [-0.39, 0.29) is 12.3 Å². The summed E-state index contributed by atoms with van der Waals surface area (Å²) in [6.07, 6.45) is 3.35. The normalized spacial score (nSPS) is 11.6. The minimum atomic E-state index is -0.885. The molecule has 0 unspecified atom stereocenters. The average Bonchev–Trinajstić information content (AvgIpc) is 2.37. The molecule has 0 bridgehead atoms. The van der Waals surface area contributed by atoms with Crippen LogP contribution >= 0.6 is 23.2 Å². The van der Waals surface area contributed by atoms with Crippen LogP contribution < -0.4 is 5.32 Å². The van der Waals surface area contributed by atoms with Crippen LogP contribution in [-0.2, 0) is 9.59 Å². The Morgan fingerprint density at radius 1 is 1.29 bits per heavy atom. The standard InChI is InChI=1S/C15H17Cl2NO3/c1-15(2,8-7-14(20)21)18-13(19)6-4-10-3-5-11(16)12(17)9-10/h3-6,9H,7-8H2,1-2H3,(H,18,19)(H,20,21). The third-order valence-corrected chi connectivity index (χ3v) is 3.54. The fourth-order valence-corrected chi connectivity index (χ4v) is 1.95. The second-order valence-corrected chi connectivity index (χ2v) is 6.09. The first-order chi connectivity index (χ1) is 9.69. The highest BCUT2D eigenvalue weighted by Crippen LogP contribution is 2.23. The van der Waals surface area contributed by atoms with Crippen LogP contribution in [0.15, 0.2) is 24.3 Å². The fourth-order valence-electron chi connectivity index (χ4n) is 1.65. The minimum absolute atomic E-state index is 0.00376. The van der Waals surface area contributed by atoms with Crippen molar-refractivity contribution in [3.63, 3.8) is 0 Å². The molecule has 0 saturated carbocycles. The molecule has 2 N–H and O–H groups in total. The van der Waals surface area contributed by atoms with Gasteiger partial charge in [0.05, 0.1) is 10.0 Å². The molecule has 1 aromatic carbocycles. The molecule has 0 atom stereocenters. The number of halogens is 2. The monoisotopic (exact) mass is 329 g/mol. The number of nitrogens with one attached hydrogen (secondary N) is 1. The minimum Gasteiger partial charge on any atom is -0.481 e. The van der Waals surface area contributed by atoms with E-state index in [0.717, 1.165) is 5.56 Å². The third-order valence-electron chi connectivity index (χ3n) is 2.80. The van der Waals surface area contributed by atoms with Crippen LogP contribution in [0.1, 0.15) is 32.3 Å². The predicted molar refractivity (Wildman–Crippen MR) is 84.6 cm³/mol. The Hall–Kier alpha value is -1.52. The van der Waals surface area contributed by atoms with Crippen molar-refractivity contribution in [2.75, 3.05) is 0 Å². The van der Waals surface area contributed by atoms with E-state index in [1.54, 1.807) is 38.1 Å². The van der Waals surface area contributed by atoms with E-state index < -0.39 is 11.5 Å². The highest BCUT2D eigenvalue weighted by Gasteiger charge is 2.20. The zero-order valence-electron chi connectivity index (χ0n) is 11.8. The number of benzene rings is 1. The van der Waals surface area contributed by atoms with Crippen LogP contribution in [0.3, 0.4) is 0 Å². The number of rotatable bonds is 6. The van der Waals surface area contributed by atoms with Gasteiger partial charge in [0.1, 0.15) is 0 Å². The Balaban J connectivity index is 2.61. The van der Waals surface area contributed by atoms with Gasteiger partial charge >= 0.3 is 5.97 Å². The number of amides is 1. The highest BCUT2D eigenvalue weighted by atomic mass is 35.5. The van der Waals surface area contributed by atoms with Crippen LogP contribution in [0.25, 0.3) is 6.08 Å². The zero-order chi connectivity index (χ0) is 16.0.